The van der Waals surface area contributed by atoms with Crippen LogP contribution in [0.1, 0.15) is 17.0 Å². The van der Waals surface area contributed by atoms with E-state index in [9.17, 15) is 19.7 Å². The minimum absolute atomic E-state index is 0.333. The first-order chi connectivity index (χ1) is 7.84. The molecule has 0 aromatic heterocycles. The summed E-state index contributed by atoms with van der Waals surface area (Å²) in [4.78, 5) is 31.5. The molecule has 0 aliphatic heterocycles. The van der Waals surface area contributed by atoms with E-state index >= 15 is 0 Å². The lowest BCUT2D eigenvalue weighted by Crippen LogP contribution is -2.22. The van der Waals surface area contributed by atoms with Gasteiger partial charge in [0.05, 0.1) is 10.5 Å². The Hall–Kier alpha value is -2.44. The molecule has 0 fully saturated rings. The molecular weight excluding hydrogens is 230 g/mol. The van der Waals surface area contributed by atoms with E-state index in [0.717, 1.165) is 12.1 Å². The summed E-state index contributed by atoms with van der Waals surface area (Å²) in [5.41, 5.74) is -0.282. The molecule has 0 amide bonds. The number of hydrogen-bond donors (Lipinski definition) is 2. The Balaban J connectivity index is 3.43. The first-order valence-corrected chi connectivity index (χ1v) is 4.55. The van der Waals surface area contributed by atoms with E-state index < -0.39 is 28.5 Å². The fourth-order valence-corrected chi connectivity index (χ4v) is 1.43. The highest BCUT2D eigenvalue weighted by atomic mass is 16.6. The van der Waals surface area contributed by atoms with Gasteiger partial charge in [0, 0.05) is 6.07 Å². The molecule has 0 atom stereocenters. The number of nitro groups is 1. The van der Waals surface area contributed by atoms with Crippen molar-refractivity contribution in [3.8, 4) is 0 Å². The Kier molecular flexibility index (Phi) is 3.42. The minimum atomic E-state index is -1.93. The van der Waals surface area contributed by atoms with Gasteiger partial charge in [0.1, 0.15) is 0 Å². The number of carbonyl (C=O) groups is 2. The van der Waals surface area contributed by atoms with Gasteiger partial charge in [-0.3, -0.25) is 19.7 Å². The molecule has 17 heavy (non-hydrogen) atoms. The molecule has 0 unspecified atom stereocenters. The summed E-state index contributed by atoms with van der Waals surface area (Å²) in [7, 11) is 0. The molecule has 2 N–H and O–H groups in total. The van der Waals surface area contributed by atoms with Crippen molar-refractivity contribution in [1.82, 2.24) is 0 Å². The number of nitrogens with zero attached hydrogens (tertiary/aromatic N) is 1. The highest BCUT2D eigenvalue weighted by molar-refractivity contribution is 6.00. The van der Waals surface area contributed by atoms with Gasteiger partial charge in [0.15, 0.2) is 5.92 Å². The normalized spacial score (nSPS) is 10.2. The standard InChI is InChI=1S/C10H9NO6/c1-5-2-3-6(7(4-5)11(16)17)8(9(12)13)10(14)15/h2-4,8H,1H3,(H,12,13)(H,14,15). The van der Waals surface area contributed by atoms with Crippen LogP contribution in [0.5, 0.6) is 0 Å². The zero-order valence-corrected chi connectivity index (χ0v) is 8.78. The molecule has 1 rings (SSSR count). The summed E-state index contributed by atoms with van der Waals surface area (Å²) in [6.07, 6.45) is 0. The molecule has 90 valence electrons. The molecule has 0 aliphatic carbocycles. The summed E-state index contributed by atoms with van der Waals surface area (Å²) in [5.74, 6) is -5.20. The van der Waals surface area contributed by atoms with Gasteiger partial charge in [-0.05, 0) is 12.5 Å². The SMILES string of the molecule is Cc1ccc(C(C(=O)O)C(=O)O)c([N+](=O)[O-])c1. The highest BCUT2D eigenvalue weighted by Crippen LogP contribution is 2.28. The van der Waals surface area contributed by atoms with E-state index in [0.29, 0.717) is 5.56 Å². The van der Waals surface area contributed by atoms with Crippen LogP contribution in [-0.4, -0.2) is 27.1 Å². The third kappa shape index (κ3) is 2.57. The zero-order valence-electron chi connectivity index (χ0n) is 8.78. The Morgan fingerprint density at radius 3 is 2.24 bits per heavy atom. The van der Waals surface area contributed by atoms with Gasteiger partial charge < -0.3 is 10.2 Å². The molecule has 0 radical (unpaired) electrons. The second-order valence-corrected chi connectivity index (χ2v) is 3.43. The van der Waals surface area contributed by atoms with Gasteiger partial charge in [0.2, 0.25) is 0 Å². The van der Waals surface area contributed by atoms with Crippen molar-refractivity contribution in [2.75, 3.05) is 0 Å². The molecule has 7 heteroatoms. The fraction of sp³-hybridized carbons (Fsp3) is 0.200. The maximum atomic E-state index is 10.8. The quantitative estimate of drug-likeness (QED) is 0.462. The summed E-state index contributed by atoms with van der Waals surface area (Å²) >= 11 is 0. The number of benzene rings is 1. The molecule has 7 nitrogen and oxygen atoms in total. The van der Waals surface area contributed by atoms with E-state index in [4.69, 9.17) is 10.2 Å². The molecule has 0 saturated heterocycles. The Bertz CT molecular complexity index is 482. The van der Waals surface area contributed by atoms with E-state index in [1.54, 1.807) is 6.92 Å². The van der Waals surface area contributed by atoms with Crippen LogP contribution in [0, 0.1) is 17.0 Å². The van der Waals surface area contributed by atoms with Crippen LogP contribution >= 0.6 is 0 Å². The van der Waals surface area contributed by atoms with Crippen molar-refractivity contribution >= 4 is 17.6 Å². The van der Waals surface area contributed by atoms with Gasteiger partial charge in [-0.25, -0.2) is 0 Å². The molecular formula is C10H9NO6. The Morgan fingerprint density at radius 1 is 1.29 bits per heavy atom. The second-order valence-electron chi connectivity index (χ2n) is 3.43. The van der Waals surface area contributed by atoms with Crippen LogP contribution < -0.4 is 0 Å². The number of aliphatic carboxylic acids is 2. The number of nitro benzene ring substituents is 1. The van der Waals surface area contributed by atoms with Crippen molar-refractivity contribution in [1.29, 1.82) is 0 Å². The average Bonchev–Trinajstić information content (AvgIpc) is 2.19. The Labute approximate surface area is 95.5 Å². The largest absolute Gasteiger partial charge is 0.480 e. The fourth-order valence-electron chi connectivity index (χ4n) is 1.43. The molecule has 1 aromatic rings. The number of hydrogen-bond acceptors (Lipinski definition) is 4. The maximum absolute atomic E-state index is 10.8. The minimum Gasteiger partial charge on any atom is -0.480 e. The number of carboxylic acids is 2. The van der Waals surface area contributed by atoms with E-state index in [1.807, 2.05) is 0 Å². The van der Waals surface area contributed by atoms with Gasteiger partial charge >= 0.3 is 11.9 Å². The summed E-state index contributed by atoms with van der Waals surface area (Å²) < 4.78 is 0. The second kappa shape index (κ2) is 4.60. The molecule has 0 bridgehead atoms. The van der Waals surface area contributed by atoms with Crippen molar-refractivity contribution in [3.63, 3.8) is 0 Å². The summed E-state index contributed by atoms with van der Waals surface area (Å²) in [6, 6.07) is 3.73. The van der Waals surface area contributed by atoms with Crippen molar-refractivity contribution in [2.45, 2.75) is 12.8 Å². The van der Waals surface area contributed by atoms with Crippen LogP contribution in [-0.2, 0) is 9.59 Å². The third-order valence-corrected chi connectivity index (χ3v) is 2.19. The number of aryl methyl sites for hydroxylation is 1. The van der Waals surface area contributed by atoms with E-state index in [1.165, 1.54) is 6.07 Å². The van der Waals surface area contributed by atoms with Crippen molar-refractivity contribution in [3.05, 3.63) is 39.4 Å². The highest BCUT2D eigenvalue weighted by Gasteiger charge is 2.33. The van der Waals surface area contributed by atoms with Gasteiger partial charge in [0.25, 0.3) is 5.69 Å². The third-order valence-electron chi connectivity index (χ3n) is 2.19. The lowest BCUT2D eigenvalue weighted by Gasteiger charge is -2.08. The predicted octanol–water partition coefficient (Wildman–Crippen LogP) is 1.16. The number of rotatable bonds is 4. The van der Waals surface area contributed by atoms with E-state index in [2.05, 4.69) is 0 Å². The summed E-state index contributed by atoms with van der Waals surface area (Å²) in [6.45, 7) is 1.59. The lowest BCUT2D eigenvalue weighted by molar-refractivity contribution is -0.385. The van der Waals surface area contributed by atoms with Crippen LogP contribution in [0.4, 0.5) is 5.69 Å². The lowest BCUT2D eigenvalue weighted by atomic mass is 9.96. The molecule has 1 aromatic carbocycles. The van der Waals surface area contributed by atoms with Crippen LogP contribution in [0.15, 0.2) is 18.2 Å². The van der Waals surface area contributed by atoms with E-state index in [-0.39, 0.29) is 5.56 Å². The van der Waals surface area contributed by atoms with Crippen LogP contribution in [0.2, 0.25) is 0 Å². The summed E-state index contributed by atoms with van der Waals surface area (Å²) in [5, 5.41) is 28.3. The maximum Gasteiger partial charge on any atom is 0.322 e. The zero-order chi connectivity index (χ0) is 13.2. The first-order valence-electron chi connectivity index (χ1n) is 4.55. The average molecular weight is 239 g/mol. The first kappa shape index (κ1) is 12.6. The predicted molar refractivity (Wildman–Crippen MR) is 55.8 cm³/mol. The van der Waals surface area contributed by atoms with Gasteiger partial charge in [-0.1, -0.05) is 12.1 Å². The van der Waals surface area contributed by atoms with Crippen LogP contribution in [0.3, 0.4) is 0 Å². The Morgan fingerprint density at radius 2 is 1.82 bits per heavy atom. The van der Waals surface area contributed by atoms with Crippen molar-refractivity contribution < 1.29 is 24.7 Å². The van der Waals surface area contributed by atoms with Gasteiger partial charge in [-0.15, -0.1) is 0 Å². The van der Waals surface area contributed by atoms with Gasteiger partial charge in [-0.2, -0.15) is 0 Å². The molecule has 0 saturated carbocycles. The smallest absolute Gasteiger partial charge is 0.322 e. The number of carboxylic acid groups (broad SMARTS) is 2. The topological polar surface area (TPSA) is 118 Å². The molecule has 0 spiro atoms. The molecule has 0 aliphatic rings. The monoisotopic (exact) mass is 239 g/mol. The van der Waals surface area contributed by atoms with Crippen LogP contribution in [0.25, 0.3) is 0 Å². The molecule has 0 heterocycles. The van der Waals surface area contributed by atoms with Crippen molar-refractivity contribution in [2.24, 2.45) is 0 Å².